The lowest BCUT2D eigenvalue weighted by molar-refractivity contribution is 0.287. The first-order chi connectivity index (χ1) is 8.66. The highest BCUT2D eigenvalue weighted by atomic mass is 19.1. The number of rotatable bonds is 4. The third kappa shape index (κ3) is 3.08. The van der Waals surface area contributed by atoms with Crippen LogP contribution in [-0.2, 0) is 0 Å². The van der Waals surface area contributed by atoms with Gasteiger partial charge in [0.25, 0.3) is 0 Å². The van der Waals surface area contributed by atoms with E-state index in [-0.39, 0.29) is 12.4 Å². The maximum Gasteiger partial charge on any atom is 0.128 e. The van der Waals surface area contributed by atoms with Crippen molar-refractivity contribution in [3.05, 3.63) is 65.5 Å². The quantitative estimate of drug-likeness (QED) is 0.897. The van der Waals surface area contributed by atoms with Gasteiger partial charge >= 0.3 is 0 Å². The van der Waals surface area contributed by atoms with E-state index >= 15 is 0 Å². The molecule has 1 atom stereocenters. The van der Waals surface area contributed by atoms with Crippen molar-refractivity contribution in [2.24, 2.45) is 5.73 Å². The van der Waals surface area contributed by atoms with Crippen LogP contribution in [0.4, 0.5) is 4.39 Å². The lowest BCUT2D eigenvalue weighted by atomic mass is 10.1. The summed E-state index contributed by atoms with van der Waals surface area (Å²) in [7, 11) is 0. The Morgan fingerprint density at radius 1 is 1.17 bits per heavy atom. The van der Waals surface area contributed by atoms with Crippen LogP contribution in [0, 0.1) is 12.7 Å². The van der Waals surface area contributed by atoms with Gasteiger partial charge < -0.3 is 10.5 Å². The molecule has 0 aromatic heterocycles. The largest absolute Gasteiger partial charge is 0.492 e. The fourth-order valence-corrected chi connectivity index (χ4v) is 1.76. The van der Waals surface area contributed by atoms with Gasteiger partial charge in [-0.05, 0) is 30.7 Å². The van der Waals surface area contributed by atoms with Gasteiger partial charge in [0, 0.05) is 5.56 Å². The van der Waals surface area contributed by atoms with E-state index in [0.29, 0.717) is 5.56 Å². The van der Waals surface area contributed by atoms with Crippen LogP contribution < -0.4 is 10.5 Å². The van der Waals surface area contributed by atoms with Crippen molar-refractivity contribution in [1.82, 2.24) is 0 Å². The van der Waals surface area contributed by atoms with E-state index in [4.69, 9.17) is 10.5 Å². The van der Waals surface area contributed by atoms with Crippen molar-refractivity contribution in [2.75, 3.05) is 6.61 Å². The second kappa shape index (κ2) is 5.65. The normalized spacial score (nSPS) is 12.2. The van der Waals surface area contributed by atoms with Crippen molar-refractivity contribution in [3.63, 3.8) is 0 Å². The summed E-state index contributed by atoms with van der Waals surface area (Å²) < 4.78 is 19.1. The van der Waals surface area contributed by atoms with Crippen LogP contribution in [-0.4, -0.2) is 6.61 Å². The Morgan fingerprint density at radius 3 is 2.67 bits per heavy atom. The zero-order valence-electron chi connectivity index (χ0n) is 10.3. The molecule has 3 heteroatoms. The van der Waals surface area contributed by atoms with Gasteiger partial charge in [-0.25, -0.2) is 4.39 Å². The van der Waals surface area contributed by atoms with Gasteiger partial charge in [0.05, 0.1) is 6.04 Å². The zero-order valence-corrected chi connectivity index (χ0v) is 10.3. The maximum absolute atomic E-state index is 13.5. The molecule has 0 aliphatic heterocycles. The van der Waals surface area contributed by atoms with E-state index in [2.05, 4.69) is 0 Å². The average molecular weight is 245 g/mol. The number of halogens is 1. The minimum Gasteiger partial charge on any atom is -0.492 e. The molecule has 0 heterocycles. The number of nitrogens with two attached hydrogens (primary N) is 1. The summed E-state index contributed by atoms with van der Waals surface area (Å²) in [4.78, 5) is 0. The fraction of sp³-hybridized carbons (Fsp3) is 0.200. The molecule has 0 fully saturated rings. The first-order valence-electron chi connectivity index (χ1n) is 5.86. The molecule has 0 radical (unpaired) electrons. The Balaban J connectivity index is 2.00. The summed E-state index contributed by atoms with van der Waals surface area (Å²) in [6, 6.07) is 13.7. The summed E-state index contributed by atoms with van der Waals surface area (Å²) in [5.74, 6) is 0.458. The van der Waals surface area contributed by atoms with E-state index in [9.17, 15) is 4.39 Å². The molecular weight excluding hydrogens is 229 g/mol. The van der Waals surface area contributed by atoms with Crippen LogP contribution >= 0.6 is 0 Å². The second-order valence-electron chi connectivity index (χ2n) is 4.26. The van der Waals surface area contributed by atoms with Gasteiger partial charge in [0.1, 0.15) is 18.2 Å². The van der Waals surface area contributed by atoms with Crippen LogP contribution in [0.5, 0.6) is 5.75 Å². The van der Waals surface area contributed by atoms with Crippen LogP contribution in [0.3, 0.4) is 0 Å². The molecule has 0 spiro atoms. The highest BCUT2D eigenvalue weighted by Gasteiger charge is 2.11. The smallest absolute Gasteiger partial charge is 0.128 e. The molecular formula is C15H16FNO. The Labute approximate surface area is 106 Å². The summed E-state index contributed by atoms with van der Waals surface area (Å²) in [6.07, 6.45) is 0. The summed E-state index contributed by atoms with van der Waals surface area (Å²) in [5.41, 5.74) is 7.51. The minimum atomic E-state index is -0.466. The Bertz CT molecular complexity index is 527. The number of benzene rings is 2. The fourth-order valence-electron chi connectivity index (χ4n) is 1.76. The molecule has 0 amide bonds. The van der Waals surface area contributed by atoms with Crippen molar-refractivity contribution < 1.29 is 9.13 Å². The monoisotopic (exact) mass is 245 g/mol. The number of ether oxygens (including phenoxy) is 1. The molecule has 1 unspecified atom stereocenters. The number of hydrogen-bond acceptors (Lipinski definition) is 2. The molecule has 2 N–H and O–H groups in total. The molecule has 0 saturated heterocycles. The number of aryl methyl sites for hydroxylation is 1. The third-order valence-corrected chi connectivity index (χ3v) is 2.72. The first-order valence-corrected chi connectivity index (χ1v) is 5.86. The maximum atomic E-state index is 13.5. The predicted octanol–water partition coefficient (Wildman–Crippen LogP) is 3.21. The van der Waals surface area contributed by atoms with Crippen LogP contribution in [0.2, 0.25) is 0 Å². The molecule has 0 saturated carbocycles. The topological polar surface area (TPSA) is 35.2 Å². The molecule has 2 rings (SSSR count). The highest BCUT2D eigenvalue weighted by Crippen LogP contribution is 2.17. The zero-order chi connectivity index (χ0) is 13.0. The van der Waals surface area contributed by atoms with Gasteiger partial charge in [-0.15, -0.1) is 0 Å². The van der Waals surface area contributed by atoms with Gasteiger partial charge in [-0.1, -0.05) is 30.3 Å². The van der Waals surface area contributed by atoms with Gasteiger partial charge in [0.15, 0.2) is 0 Å². The molecule has 2 nitrogen and oxygen atoms in total. The minimum absolute atomic E-state index is 0.254. The lowest BCUT2D eigenvalue weighted by Gasteiger charge is -2.14. The highest BCUT2D eigenvalue weighted by molar-refractivity contribution is 5.28. The van der Waals surface area contributed by atoms with Gasteiger partial charge in [-0.2, -0.15) is 0 Å². The van der Waals surface area contributed by atoms with Crippen molar-refractivity contribution in [2.45, 2.75) is 13.0 Å². The van der Waals surface area contributed by atoms with Crippen molar-refractivity contribution in [3.8, 4) is 5.75 Å². The first kappa shape index (κ1) is 12.6. The summed E-state index contributed by atoms with van der Waals surface area (Å²) in [5, 5.41) is 0. The summed E-state index contributed by atoms with van der Waals surface area (Å²) >= 11 is 0. The Hall–Kier alpha value is -1.87. The van der Waals surface area contributed by atoms with E-state index in [1.165, 1.54) is 6.07 Å². The molecule has 2 aromatic carbocycles. The molecule has 18 heavy (non-hydrogen) atoms. The lowest BCUT2D eigenvalue weighted by Crippen LogP contribution is -2.20. The van der Waals surface area contributed by atoms with Gasteiger partial charge in [-0.3, -0.25) is 0 Å². The van der Waals surface area contributed by atoms with E-state index < -0.39 is 6.04 Å². The molecule has 94 valence electrons. The standard InChI is InChI=1S/C15H16FNO/c1-11-5-4-6-12(9-11)18-10-15(17)13-7-2-3-8-14(13)16/h2-9,15H,10,17H2,1H3. The van der Waals surface area contributed by atoms with Crippen LogP contribution in [0.1, 0.15) is 17.2 Å². The summed E-state index contributed by atoms with van der Waals surface area (Å²) in [6.45, 7) is 2.24. The van der Waals surface area contributed by atoms with Crippen LogP contribution in [0.15, 0.2) is 48.5 Å². The molecule has 0 aliphatic carbocycles. The van der Waals surface area contributed by atoms with E-state index in [1.54, 1.807) is 18.2 Å². The van der Waals surface area contributed by atoms with E-state index in [0.717, 1.165) is 11.3 Å². The Kier molecular flexibility index (Phi) is 3.95. The van der Waals surface area contributed by atoms with Crippen molar-refractivity contribution >= 4 is 0 Å². The molecule has 0 bridgehead atoms. The van der Waals surface area contributed by atoms with E-state index in [1.807, 2.05) is 31.2 Å². The van der Waals surface area contributed by atoms with Crippen LogP contribution in [0.25, 0.3) is 0 Å². The van der Waals surface area contributed by atoms with Crippen molar-refractivity contribution in [1.29, 1.82) is 0 Å². The number of hydrogen-bond donors (Lipinski definition) is 1. The predicted molar refractivity (Wildman–Crippen MR) is 70.0 cm³/mol. The Morgan fingerprint density at radius 2 is 1.94 bits per heavy atom. The third-order valence-electron chi connectivity index (χ3n) is 2.72. The molecule has 0 aliphatic rings. The SMILES string of the molecule is Cc1cccc(OCC(N)c2ccccc2F)c1. The second-order valence-corrected chi connectivity index (χ2v) is 4.26. The average Bonchev–Trinajstić information content (AvgIpc) is 2.37. The van der Waals surface area contributed by atoms with Gasteiger partial charge in [0.2, 0.25) is 0 Å². The molecule has 2 aromatic rings.